The van der Waals surface area contributed by atoms with Crippen molar-refractivity contribution in [2.75, 3.05) is 6.54 Å². The maximum Gasteiger partial charge on any atom is 0.220 e. The van der Waals surface area contributed by atoms with Crippen molar-refractivity contribution in [2.24, 2.45) is 17.8 Å². The van der Waals surface area contributed by atoms with Crippen LogP contribution < -0.4 is 5.32 Å². The van der Waals surface area contributed by atoms with Crippen LogP contribution in [0.25, 0.3) is 0 Å². The Morgan fingerprint density at radius 1 is 1.54 bits per heavy atom. The van der Waals surface area contributed by atoms with Crippen molar-refractivity contribution in [3.05, 3.63) is 0 Å². The predicted molar refractivity (Wildman–Crippen MR) is 54.4 cm³/mol. The Morgan fingerprint density at radius 3 is 2.62 bits per heavy atom. The lowest BCUT2D eigenvalue weighted by molar-refractivity contribution is -0.119. The van der Waals surface area contributed by atoms with Gasteiger partial charge in [-0.15, -0.1) is 0 Å². The van der Waals surface area contributed by atoms with E-state index in [0.29, 0.717) is 11.8 Å². The third-order valence-corrected chi connectivity index (χ3v) is 3.09. The fourth-order valence-electron chi connectivity index (χ4n) is 2.38. The first-order chi connectivity index (χ1) is 6.15. The third-order valence-electron chi connectivity index (χ3n) is 3.09. The molecule has 13 heavy (non-hydrogen) atoms. The monoisotopic (exact) mass is 183 g/mol. The molecule has 76 valence electrons. The van der Waals surface area contributed by atoms with Crippen LogP contribution in [0.4, 0.5) is 0 Å². The summed E-state index contributed by atoms with van der Waals surface area (Å²) in [7, 11) is 0. The van der Waals surface area contributed by atoms with Crippen LogP contribution in [0, 0.1) is 17.8 Å². The zero-order chi connectivity index (χ0) is 9.84. The van der Waals surface area contributed by atoms with Crippen molar-refractivity contribution in [1.82, 2.24) is 5.32 Å². The molecule has 0 aliphatic carbocycles. The van der Waals surface area contributed by atoms with Crippen molar-refractivity contribution in [3.63, 3.8) is 0 Å². The van der Waals surface area contributed by atoms with Gasteiger partial charge in [-0.25, -0.2) is 0 Å². The Morgan fingerprint density at radius 2 is 2.23 bits per heavy atom. The summed E-state index contributed by atoms with van der Waals surface area (Å²) in [6.45, 7) is 7.66. The van der Waals surface area contributed by atoms with Crippen LogP contribution in [0.15, 0.2) is 0 Å². The van der Waals surface area contributed by atoms with E-state index in [1.807, 2.05) is 0 Å². The van der Waals surface area contributed by atoms with E-state index >= 15 is 0 Å². The minimum Gasteiger partial charge on any atom is -0.356 e. The molecule has 2 heteroatoms. The molecule has 0 aromatic rings. The Balaban J connectivity index is 2.49. The largest absolute Gasteiger partial charge is 0.356 e. The van der Waals surface area contributed by atoms with Gasteiger partial charge in [-0.3, -0.25) is 4.79 Å². The molecule has 1 rings (SSSR count). The van der Waals surface area contributed by atoms with Gasteiger partial charge in [0.15, 0.2) is 0 Å². The standard InChI is InChI=1S/C11H21NO/c1-4-5-10(8(2)3)9-6-11(13)12-7-9/h8-10H,4-7H2,1-3H3,(H,12,13). The van der Waals surface area contributed by atoms with Crippen LogP contribution in [0.1, 0.15) is 40.0 Å². The molecular weight excluding hydrogens is 162 g/mol. The van der Waals surface area contributed by atoms with Crippen LogP contribution in [-0.2, 0) is 4.79 Å². The number of rotatable bonds is 4. The van der Waals surface area contributed by atoms with Gasteiger partial charge in [0.2, 0.25) is 5.91 Å². The van der Waals surface area contributed by atoms with E-state index in [2.05, 4.69) is 26.1 Å². The fraction of sp³-hybridized carbons (Fsp3) is 0.909. The molecule has 1 fully saturated rings. The van der Waals surface area contributed by atoms with Gasteiger partial charge in [-0.1, -0.05) is 33.6 Å². The van der Waals surface area contributed by atoms with Crippen LogP contribution >= 0.6 is 0 Å². The highest BCUT2D eigenvalue weighted by Gasteiger charge is 2.30. The minimum atomic E-state index is 0.242. The van der Waals surface area contributed by atoms with E-state index in [0.717, 1.165) is 18.9 Å². The molecule has 1 aliphatic heterocycles. The lowest BCUT2D eigenvalue weighted by atomic mass is 9.80. The minimum absolute atomic E-state index is 0.242. The van der Waals surface area contributed by atoms with Gasteiger partial charge in [0.1, 0.15) is 0 Å². The molecular formula is C11H21NO. The number of hydrogen-bond acceptors (Lipinski definition) is 1. The first-order valence-electron chi connectivity index (χ1n) is 5.41. The topological polar surface area (TPSA) is 29.1 Å². The smallest absolute Gasteiger partial charge is 0.220 e. The average Bonchev–Trinajstić information content (AvgIpc) is 2.46. The van der Waals surface area contributed by atoms with E-state index in [1.54, 1.807) is 0 Å². The second-order valence-electron chi connectivity index (χ2n) is 4.46. The first kappa shape index (κ1) is 10.6. The SMILES string of the molecule is CCCC(C(C)C)C1CNC(=O)C1. The zero-order valence-electron chi connectivity index (χ0n) is 8.97. The van der Waals surface area contributed by atoms with Gasteiger partial charge in [-0.05, 0) is 17.8 Å². The maximum atomic E-state index is 11.1. The first-order valence-corrected chi connectivity index (χ1v) is 5.41. The van der Waals surface area contributed by atoms with Crippen LogP contribution in [0.5, 0.6) is 0 Å². The summed E-state index contributed by atoms with van der Waals surface area (Å²) in [4.78, 5) is 11.1. The van der Waals surface area contributed by atoms with Gasteiger partial charge < -0.3 is 5.32 Å². The average molecular weight is 183 g/mol. The fourth-order valence-corrected chi connectivity index (χ4v) is 2.38. The van der Waals surface area contributed by atoms with E-state index in [9.17, 15) is 4.79 Å². The summed E-state index contributed by atoms with van der Waals surface area (Å²) >= 11 is 0. The second-order valence-corrected chi connectivity index (χ2v) is 4.46. The Labute approximate surface area is 81.1 Å². The molecule has 0 radical (unpaired) electrons. The van der Waals surface area contributed by atoms with Crippen LogP contribution in [0.3, 0.4) is 0 Å². The highest BCUT2D eigenvalue weighted by Crippen LogP contribution is 2.30. The van der Waals surface area contributed by atoms with Crippen molar-refractivity contribution >= 4 is 5.91 Å². The second kappa shape index (κ2) is 4.64. The molecule has 0 bridgehead atoms. The quantitative estimate of drug-likeness (QED) is 0.711. The number of amides is 1. The van der Waals surface area contributed by atoms with Crippen molar-refractivity contribution < 1.29 is 4.79 Å². The number of carbonyl (C=O) groups excluding carboxylic acids is 1. The summed E-state index contributed by atoms with van der Waals surface area (Å²) in [5, 5.41) is 2.92. The summed E-state index contributed by atoms with van der Waals surface area (Å²) in [5.41, 5.74) is 0. The molecule has 2 nitrogen and oxygen atoms in total. The summed E-state index contributed by atoms with van der Waals surface area (Å²) in [5.74, 6) is 2.26. The van der Waals surface area contributed by atoms with E-state index in [-0.39, 0.29) is 5.91 Å². The lowest BCUT2D eigenvalue weighted by Crippen LogP contribution is -2.22. The predicted octanol–water partition coefficient (Wildman–Crippen LogP) is 2.19. The van der Waals surface area contributed by atoms with Gasteiger partial charge in [0.25, 0.3) is 0 Å². The van der Waals surface area contributed by atoms with E-state index in [1.165, 1.54) is 12.8 Å². The Bertz CT molecular complexity index is 177. The maximum absolute atomic E-state index is 11.1. The van der Waals surface area contributed by atoms with Gasteiger partial charge in [0, 0.05) is 13.0 Å². The van der Waals surface area contributed by atoms with Gasteiger partial charge >= 0.3 is 0 Å². The summed E-state index contributed by atoms with van der Waals surface area (Å²) in [6.07, 6.45) is 3.24. The van der Waals surface area contributed by atoms with Crippen LogP contribution in [0.2, 0.25) is 0 Å². The Hall–Kier alpha value is -0.530. The molecule has 2 unspecified atom stereocenters. The molecule has 1 saturated heterocycles. The van der Waals surface area contributed by atoms with Crippen molar-refractivity contribution in [2.45, 2.75) is 40.0 Å². The molecule has 0 aromatic heterocycles. The molecule has 0 saturated carbocycles. The van der Waals surface area contributed by atoms with E-state index < -0.39 is 0 Å². The highest BCUT2D eigenvalue weighted by molar-refractivity contribution is 5.78. The molecule has 0 spiro atoms. The highest BCUT2D eigenvalue weighted by atomic mass is 16.1. The van der Waals surface area contributed by atoms with Gasteiger partial charge in [0.05, 0.1) is 0 Å². The Kier molecular flexibility index (Phi) is 3.76. The third kappa shape index (κ3) is 2.71. The molecule has 1 amide bonds. The van der Waals surface area contributed by atoms with Crippen molar-refractivity contribution in [3.8, 4) is 0 Å². The van der Waals surface area contributed by atoms with Gasteiger partial charge in [-0.2, -0.15) is 0 Å². The number of nitrogens with one attached hydrogen (secondary N) is 1. The summed E-state index contributed by atoms with van der Waals surface area (Å²) in [6, 6.07) is 0. The number of carbonyl (C=O) groups is 1. The van der Waals surface area contributed by atoms with E-state index in [4.69, 9.17) is 0 Å². The molecule has 1 N–H and O–H groups in total. The lowest BCUT2D eigenvalue weighted by Gasteiger charge is -2.25. The van der Waals surface area contributed by atoms with Crippen molar-refractivity contribution in [1.29, 1.82) is 0 Å². The summed E-state index contributed by atoms with van der Waals surface area (Å²) < 4.78 is 0. The van der Waals surface area contributed by atoms with Crippen LogP contribution in [-0.4, -0.2) is 12.5 Å². The molecule has 2 atom stereocenters. The molecule has 1 aliphatic rings. The number of hydrogen-bond donors (Lipinski definition) is 1. The molecule has 1 heterocycles. The normalized spacial score (nSPS) is 24.9. The molecule has 0 aromatic carbocycles. The zero-order valence-corrected chi connectivity index (χ0v) is 8.97.